The second-order valence-corrected chi connectivity index (χ2v) is 8.41. The molecule has 4 aromatic rings. The molecule has 0 saturated heterocycles. The highest BCUT2D eigenvalue weighted by Gasteiger charge is 2.25. The number of carbonyl (C=O) groups is 1. The summed E-state index contributed by atoms with van der Waals surface area (Å²) in [6.45, 7) is 0.515. The molecule has 5 rings (SSSR count). The molecule has 1 amide bonds. The summed E-state index contributed by atoms with van der Waals surface area (Å²) >= 11 is 19.1. The maximum Gasteiger partial charge on any atom is 0.254 e. The van der Waals surface area contributed by atoms with E-state index in [2.05, 4.69) is 20.5 Å². The van der Waals surface area contributed by atoms with E-state index in [0.29, 0.717) is 45.2 Å². The van der Waals surface area contributed by atoms with E-state index >= 15 is 0 Å². The van der Waals surface area contributed by atoms with Gasteiger partial charge >= 0.3 is 0 Å². The molecule has 6 nitrogen and oxygen atoms in total. The number of hydrogen-bond acceptors (Lipinski definition) is 5. The molecule has 2 aromatic heterocycles. The van der Waals surface area contributed by atoms with Crippen molar-refractivity contribution < 1.29 is 9.53 Å². The molecule has 1 aliphatic rings. The number of pyridine rings is 1. The number of aromatic nitrogens is 3. The van der Waals surface area contributed by atoms with Gasteiger partial charge in [0, 0.05) is 29.3 Å². The Morgan fingerprint density at radius 1 is 0.969 bits per heavy atom. The van der Waals surface area contributed by atoms with Gasteiger partial charge in [-0.3, -0.25) is 9.78 Å². The van der Waals surface area contributed by atoms with Gasteiger partial charge in [-0.25, -0.2) is 0 Å². The van der Waals surface area contributed by atoms with Crippen molar-refractivity contribution in [3.63, 3.8) is 0 Å². The van der Waals surface area contributed by atoms with Gasteiger partial charge < -0.3 is 10.1 Å². The van der Waals surface area contributed by atoms with E-state index in [1.807, 2.05) is 30.3 Å². The largest absolute Gasteiger partial charge is 0.493 e. The van der Waals surface area contributed by atoms with Crippen LogP contribution in [0.25, 0.3) is 22.2 Å². The molecular formula is C23H15Cl3N4O2. The van der Waals surface area contributed by atoms with E-state index in [1.165, 1.54) is 6.20 Å². The Morgan fingerprint density at radius 3 is 2.69 bits per heavy atom. The molecule has 1 atom stereocenters. The fourth-order valence-corrected chi connectivity index (χ4v) is 4.43. The fraction of sp³-hybridized carbons (Fsp3) is 0.130. The molecule has 2 aromatic carbocycles. The molecule has 9 heteroatoms. The number of nitrogens with zero attached hydrogens (tertiary/aromatic N) is 3. The van der Waals surface area contributed by atoms with E-state index in [4.69, 9.17) is 39.5 Å². The molecule has 0 bridgehead atoms. The number of carbonyl (C=O) groups excluding carboxylic acids is 1. The highest BCUT2D eigenvalue weighted by molar-refractivity contribution is 6.44. The number of rotatable bonds is 3. The van der Waals surface area contributed by atoms with Crippen molar-refractivity contribution in [1.29, 1.82) is 0 Å². The van der Waals surface area contributed by atoms with Crippen LogP contribution in [0.4, 0.5) is 0 Å². The van der Waals surface area contributed by atoms with Crippen LogP contribution in [0.3, 0.4) is 0 Å². The van der Waals surface area contributed by atoms with Gasteiger partial charge in [0.15, 0.2) is 0 Å². The highest BCUT2D eigenvalue weighted by Crippen LogP contribution is 2.37. The number of amides is 1. The maximum atomic E-state index is 13.1. The Kier molecular flexibility index (Phi) is 5.59. The molecule has 0 aliphatic carbocycles. The standard InChI is InChI=1S/C23H15Cl3N4O2/c24-16-6-3-5-12(19(16)25)14-11-28-30-22-20(26)15(10-27-21(14)22)23(31)29-17-8-9-32-18-7-2-1-4-13(17)18/h1-7,10-11,17H,8-9H2,(H,29,31). The van der Waals surface area contributed by atoms with Crippen molar-refractivity contribution in [2.24, 2.45) is 0 Å². The van der Waals surface area contributed by atoms with Crippen LogP contribution < -0.4 is 10.1 Å². The van der Waals surface area contributed by atoms with E-state index in [1.54, 1.807) is 18.3 Å². The minimum Gasteiger partial charge on any atom is -0.493 e. The van der Waals surface area contributed by atoms with Gasteiger partial charge in [0.2, 0.25) is 0 Å². The van der Waals surface area contributed by atoms with Gasteiger partial charge in [0.1, 0.15) is 16.8 Å². The van der Waals surface area contributed by atoms with Crippen molar-refractivity contribution in [2.45, 2.75) is 12.5 Å². The summed E-state index contributed by atoms with van der Waals surface area (Å²) in [7, 11) is 0. The minimum absolute atomic E-state index is 0.167. The van der Waals surface area contributed by atoms with Gasteiger partial charge in [-0.15, -0.1) is 5.10 Å². The van der Waals surface area contributed by atoms with Crippen LogP contribution in [0.5, 0.6) is 5.75 Å². The van der Waals surface area contributed by atoms with Gasteiger partial charge in [-0.1, -0.05) is 65.1 Å². The SMILES string of the molecule is O=C(NC1CCOc2ccccc21)c1cnc2c(-c3cccc(Cl)c3Cl)cnnc2c1Cl. The van der Waals surface area contributed by atoms with E-state index in [9.17, 15) is 4.79 Å². The molecule has 0 radical (unpaired) electrons. The van der Waals surface area contributed by atoms with E-state index in [0.717, 1.165) is 11.3 Å². The quantitative estimate of drug-likeness (QED) is 0.390. The van der Waals surface area contributed by atoms with Crippen molar-refractivity contribution in [3.05, 3.63) is 81.1 Å². The first-order valence-electron chi connectivity index (χ1n) is 9.81. The molecule has 3 heterocycles. The van der Waals surface area contributed by atoms with Crippen molar-refractivity contribution >= 4 is 51.7 Å². The first kappa shape index (κ1) is 20.9. The Balaban J connectivity index is 1.52. The van der Waals surface area contributed by atoms with Gasteiger partial charge in [-0.05, 0) is 12.1 Å². The normalized spacial score (nSPS) is 15.2. The number of ether oxygens (including phenoxy) is 1. The lowest BCUT2D eigenvalue weighted by Gasteiger charge is -2.26. The summed E-state index contributed by atoms with van der Waals surface area (Å²) in [4.78, 5) is 17.6. The zero-order valence-corrected chi connectivity index (χ0v) is 18.7. The lowest BCUT2D eigenvalue weighted by molar-refractivity contribution is 0.0924. The Morgan fingerprint density at radius 2 is 1.81 bits per heavy atom. The summed E-state index contributed by atoms with van der Waals surface area (Å²) in [5.41, 5.74) is 3.19. The average Bonchev–Trinajstić information content (AvgIpc) is 2.81. The first-order chi connectivity index (χ1) is 15.5. The van der Waals surface area contributed by atoms with Crippen molar-refractivity contribution in [1.82, 2.24) is 20.5 Å². The number of nitrogens with one attached hydrogen (secondary N) is 1. The van der Waals surface area contributed by atoms with Gasteiger partial charge in [0.25, 0.3) is 5.91 Å². The predicted octanol–water partition coefficient (Wildman–Crippen LogP) is 5.91. The zero-order chi connectivity index (χ0) is 22.2. The number of para-hydroxylation sites is 1. The molecule has 0 spiro atoms. The molecular weight excluding hydrogens is 471 g/mol. The van der Waals surface area contributed by atoms with Crippen LogP contribution in [0.2, 0.25) is 15.1 Å². The summed E-state index contributed by atoms with van der Waals surface area (Å²) in [5, 5.41) is 12.1. The van der Waals surface area contributed by atoms with Gasteiger partial charge in [-0.2, -0.15) is 5.10 Å². The molecule has 0 saturated carbocycles. The van der Waals surface area contributed by atoms with Crippen LogP contribution in [-0.2, 0) is 0 Å². The van der Waals surface area contributed by atoms with Crippen molar-refractivity contribution in [3.8, 4) is 16.9 Å². The molecule has 32 heavy (non-hydrogen) atoms. The molecule has 0 fully saturated rings. The van der Waals surface area contributed by atoms with E-state index in [-0.39, 0.29) is 22.5 Å². The summed E-state index contributed by atoms with van der Waals surface area (Å²) in [6.07, 6.45) is 3.63. The van der Waals surface area contributed by atoms with Crippen LogP contribution >= 0.6 is 34.8 Å². The Bertz CT molecular complexity index is 1360. The molecule has 1 aliphatic heterocycles. The Hall–Kier alpha value is -2.93. The third kappa shape index (κ3) is 3.64. The topological polar surface area (TPSA) is 77.0 Å². The fourth-order valence-electron chi connectivity index (χ4n) is 3.77. The smallest absolute Gasteiger partial charge is 0.254 e. The number of fused-ring (bicyclic) bond motifs is 2. The predicted molar refractivity (Wildman–Crippen MR) is 125 cm³/mol. The number of hydrogen-bond donors (Lipinski definition) is 1. The average molecular weight is 486 g/mol. The molecule has 1 unspecified atom stereocenters. The minimum atomic E-state index is -0.348. The summed E-state index contributed by atoms with van der Waals surface area (Å²) in [6, 6.07) is 12.7. The first-order valence-corrected chi connectivity index (χ1v) is 10.9. The van der Waals surface area contributed by atoms with Crippen LogP contribution in [0.15, 0.2) is 54.9 Å². The zero-order valence-electron chi connectivity index (χ0n) is 16.5. The lowest BCUT2D eigenvalue weighted by atomic mass is 10.00. The third-order valence-electron chi connectivity index (χ3n) is 5.34. The summed E-state index contributed by atoms with van der Waals surface area (Å²) in [5.74, 6) is 0.416. The molecule has 160 valence electrons. The highest BCUT2D eigenvalue weighted by atomic mass is 35.5. The number of benzene rings is 2. The Labute approximate surface area is 198 Å². The lowest BCUT2D eigenvalue weighted by Crippen LogP contribution is -2.32. The van der Waals surface area contributed by atoms with Crippen LogP contribution in [0, 0.1) is 0 Å². The van der Waals surface area contributed by atoms with Crippen LogP contribution in [0.1, 0.15) is 28.4 Å². The van der Waals surface area contributed by atoms with Gasteiger partial charge in [0.05, 0.1) is 39.5 Å². The van der Waals surface area contributed by atoms with Crippen LogP contribution in [-0.4, -0.2) is 27.7 Å². The second-order valence-electron chi connectivity index (χ2n) is 7.24. The number of halogens is 3. The van der Waals surface area contributed by atoms with Crippen molar-refractivity contribution in [2.75, 3.05) is 6.61 Å². The third-order valence-corrected chi connectivity index (χ3v) is 6.54. The van der Waals surface area contributed by atoms with E-state index < -0.39 is 0 Å². The summed E-state index contributed by atoms with van der Waals surface area (Å²) < 4.78 is 5.67. The maximum absolute atomic E-state index is 13.1. The second kappa shape index (κ2) is 8.54. The molecule has 1 N–H and O–H groups in total. The monoisotopic (exact) mass is 484 g/mol.